The van der Waals surface area contributed by atoms with Crippen molar-refractivity contribution in [3.05, 3.63) is 17.0 Å². The van der Waals surface area contributed by atoms with E-state index < -0.39 is 23.4 Å². The molecule has 0 spiro atoms. The normalized spacial score (nSPS) is 26.7. The molecule has 1 N–H and O–H groups in total. The predicted molar refractivity (Wildman–Crippen MR) is 69.7 cm³/mol. The molecule has 1 aromatic rings. The highest BCUT2D eigenvalue weighted by atomic mass is 19.4. The van der Waals surface area contributed by atoms with Crippen LogP contribution in [0.3, 0.4) is 0 Å². The van der Waals surface area contributed by atoms with Crippen LogP contribution in [0.1, 0.15) is 54.9 Å². The molecular weight excluding hydrogens is 285 g/mol. The van der Waals surface area contributed by atoms with Gasteiger partial charge < -0.3 is 9.84 Å². The first-order valence-corrected chi connectivity index (χ1v) is 7.06. The molecule has 0 radical (unpaired) electrons. The first-order valence-electron chi connectivity index (χ1n) is 7.06. The molecule has 1 fully saturated rings. The van der Waals surface area contributed by atoms with E-state index in [-0.39, 0.29) is 17.7 Å². The number of carbonyl (C=O) groups excluding carboxylic acids is 1. The van der Waals surface area contributed by atoms with Crippen LogP contribution in [0, 0.1) is 18.8 Å². The largest absolute Gasteiger partial charge is 0.453 e. The average molecular weight is 304 g/mol. The van der Waals surface area contributed by atoms with E-state index in [4.69, 9.17) is 0 Å². The summed E-state index contributed by atoms with van der Waals surface area (Å²) in [7, 11) is 0. The van der Waals surface area contributed by atoms with Gasteiger partial charge in [-0.3, -0.25) is 4.79 Å². The van der Waals surface area contributed by atoms with Crippen molar-refractivity contribution in [1.82, 2.24) is 10.5 Å². The van der Waals surface area contributed by atoms with Gasteiger partial charge in [0.2, 0.25) is 0 Å². The molecule has 3 atom stereocenters. The number of alkyl halides is 3. The SMILES string of the molecule is Cc1noc(C(F)(F)F)c1C(=O)NC1CCCC(C)C1C. The van der Waals surface area contributed by atoms with E-state index in [0.29, 0.717) is 5.92 Å². The minimum absolute atomic E-state index is 0.0451. The molecule has 2 rings (SSSR count). The molecule has 1 saturated carbocycles. The minimum Gasteiger partial charge on any atom is -0.351 e. The van der Waals surface area contributed by atoms with Gasteiger partial charge in [0.05, 0.1) is 5.69 Å². The third-order valence-electron chi connectivity index (χ3n) is 4.37. The van der Waals surface area contributed by atoms with Crippen LogP contribution >= 0.6 is 0 Å². The Morgan fingerprint density at radius 1 is 1.33 bits per heavy atom. The lowest BCUT2D eigenvalue weighted by molar-refractivity contribution is -0.155. The van der Waals surface area contributed by atoms with Gasteiger partial charge in [0.1, 0.15) is 5.56 Å². The Labute approximate surface area is 121 Å². The number of carbonyl (C=O) groups is 1. The molecular formula is C14H19F3N2O2. The van der Waals surface area contributed by atoms with Crippen molar-refractivity contribution in [1.29, 1.82) is 0 Å². The lowest BCUT2D eigenvalue weighted by Gasteiger charge is -2.34. The third kappa shape index (κ3) is 3.22. The molecule has 4 nitrogen and oxygen atoms in total. The van der Waals surface area contributed by atoms with Crippen molar-refractivity contribution in [2.45, 2.75) is 52.3 Å². The molecule has 3 unspecified atom stereocenters. The standard InChI is InChI=1S/C14H19F3N2O2/c1-7-5-4-6-10(8(7)2)18-13(20)11-9(3)19-21-12(11)14(15,16)17/h7-8,10H,4-6H2,1-3H3,(H,18,20). The van der Waals surface area contributed by atoms with Crippen LogP contribution in [-0.4, -0.2) is 17.1 Å². The molecule has 0 bridgehead atoms. The first-order chi connectivity index (χ1) is 9.71. The van der Waals surface area contributed by atoms with Crippen molar-refractivity contribution >= 4 is 5.91 Å². The van der Waals surface area contributed by atoms with Gasteiger partial charge >= 0.3 is 6.18 Å². The summed E-state index contributed by atoms with van der Waals surface area (Å²) in [5.74, 6) is -1.41. The Bertz CT molecular complexity index is 525. The van der Waals surface area contributed by atoms with E-state index in [1.807, 2.05) is 6.92 Å². The summed E-state index contributed by atoms with van der Waals surface area (Å²) >= 11 is 0. The van der Waals surface area contributed by atoms with E-state index in [9.17, 15) is 18.0 Å². The summed E-state index contributed by atoms with van der Waals surface area (Å²) in [6.45, 7) is 5.44. The average Bonchev–Trinajstić information content (AvgIpc) is 2.77. The van der Waals surface area contributed by atoms with Gasteiger partial charge in [-0.25, -0.2) is 0 Å². The van der Waals surface area contributed by atoms with E-state index in [0.717, 1.165) is 19.3 Å². The summed E-state index contributed by atoms with van der Waals surface area (Å²) in [5, 5.41) is 5.99. The number of hydrogen-bond acceptors (Lipinski definition) is 3. The van der Waals surface area contributed by atoms with E-state index in [2.05, 4.69) is 21.9 Å². The van der Waals surface area contributed by atoms with Gasteiger partial charge in [0.25, 0.3) is 11.7 Å². The molecule has 1 aliphatic rings. The summed E-state index contributed by atoms with van der Waals surface area (Å²) < 4.78 is 42.8. The van der Waals surface area contributed by atoms with Crippen molar-refractivity contribution in [2.75, 3.05) is 0 Å². The maximum absolute atomic E-state index is 12.8. The number of hydrogen-bond donors (Lipinski definition) is 1. The Morgan fingerprint density at radius 2 is 2.00 bits per heavy atom. The van der Waals surface area contributed by atoms with Crippen LogP contribution in [0.5, 0.6) is 0 Å². The Morgan fingerprint density at radius 3 is 2.62 bits per heavy atom. The third-order valence-corrected chi connectivity index (χ3v) is 4.37. The zero-order chi connectivity index (χ0) is 15.8. The van der Waals surface area contributed by atoms with Crippen molar-refractivity contribution in [2.24, 2.45) is 11.8 Å². The summed E-state index contributed by atoms with van der Waals surface area (Å²) in [4.78, 5) is 12.2. The molecule has 0 aromatic carbocycles. The second-order valence-electron chi connectivity index (χ2n) is 5.82. The second-order valence-corrected chi connectivity index (χ2v) is 5.82. The Kier molecular flexibility index (Phi) is 4.30. The fraction of sp³-hybridized carbons (Fsp3) is 0.714. The molecule has 118 valence electrons. The van der Waals surface area contributed by atoms with Crippen molar-refractivity contribution in [3.8, 4) is 0 Å². The Hall–Kier alpha value is -1.53. The topological polar surface area (TPSA) is 55.1 Å². The minimum atomic E-state index is -4.72. The monoisotopic (exact) mass is 304 g/mol. The second kappa shape index (κ2) is 5.69. The number of halogens is 3. The lowest BCUT2D eigenvalue weighted by Crippen LogP contribution is -2.44. The highest BCUT2D eigenvalue weighted by Crippen LogP contribution is 2.34. The number of aromatic nitrogens is 1. The zero-order valence-electron chi connectivity index (χ0n) is 12.3. The quantitative estimate of drug-likeness (QED) is 0.909. The van der Waals surface area contributed by atoms with Gasteiger partial charge in [0.15, 0.2) is 0 Å². The van der Waals surface area contributed by atoms with Crippen LogP contribution in [0.25, 0.3) is 0 Å². The van der Waals surface area contributed by atoms with E-state index in [1.165, 1.54) is 6.92 Å². The van der Waals surface area contributed by atoms with Crippen LogP contribution < -0.4 is 5.32 Å². The van der Waals surface area contributed by atoms with Crippen LogP contribution in [0.2, 0.25) is 0 Å². The van der Waals surface area contributed by atoms with Crippen LogP contribution in [0.15, 0.2) is 4.52 Å². The number of aryl methyl sites for hydroxylation is 1. The Balaban J connectivity index is 2.19. The fourth-order valence-electron chi connectivity index (χ4n) is 2.86. The van der Waals surface area contributed by atoms with Crippen molar-refractivity contribution < 1.29 is 22.5 Å². The molecule has 0 saturated heterocycles. The molecule has 1 heterocycles. The summed E-state index contributed by atoms with van der Waals surface area (Å²) in [6.07, 6.45) is -1.90. The zero-order valence-corrected chi connectivity index (χ0v) is 12.3. The molecule has 1 aromatic heterocycles. The van der Waals surface area contributed by atoms with Gasteiger partial charge in [0, 0.05) is 6.04 Å². The highest BCUT2D eigenvalue weighted by Gasteiger charge is 2.42. The maximum atomic E-state index is 12.8. The molecule has 0 aliphatic heterocycles. The van der Waals surface area contributed by atoms with Gasteiger partial charge in [-0.1, -0.05) is 31.8 Å². The number of amides is 1. The molecule has 7 heteroatoms. The molecule has 1 aliphatic carbocycles. The van der Waals surface area contributed by atoms with Gasteiger partial charge in [-0.2, -0.15) is 13.2 Å². The van der Waals surface area contributed by atoms with E-state index >= 15 is 0 Å². The van der Waals surface area contributed by atoms with Crippen molar-refractivity contribution in [3.63, 3.8) is 0 Å². The highest BCUT2D eigenvalue weighted by molar-refractivity contribution is 5.96. The first kappa shape index (κ1) is 15.9. The predicted octanol–water partition coefficient (Wildman–Crippen LogP) is 3.56. The maximum Gasteiger partial charge on any atom is 0.453 e. The van der Waals surface area contributed by atoms with Crippen LogP contribution in [0.4, 0.5) is 13.2 Å². The molecule has 1 amide bonds. The smallest absolute Gasteiger partial charge is 0.351 e. The number of nitrogens with one attached hydrogen (secondary N) is 1. The van der Waals surface area contributed by atoms with Gasteiger partial charge in [-0.05, 0) is 25.2 Å². The van der Waals surface area contributed by atoms with E-state index in [1.54, 1.807) is 0 Å². The van der Waals surface area contributed by atoms with Gasteiger partial charge in [-0.15, -0.1) is 0 Å². The lowest BCUT2D eigenvalue weighted by atomic mass is 9.78. The summed E-state index contributed by atoms with van der Waals surface area (Å²) in [5.41, 5.74) is -0.552. The fourth-order valence-corrected chi connectivity index (χ4v) is 2.86. The van der Waals surface area contributed by atoms with Crippen LogP contribution in [-0.2, 0) is 6.18 Å². The number of nitrogens with zero attached hydrogens (tertiary/aromatic N) is 1. The molecule has 21 heavy (non-hydrogen) atoms. The number of rotatable bonds is 2. The summed E-state index contributed by atoms with van der Waals surface area (Å²) in [6, 6.07) is -0.114.